The topological polar surface area (TPSA) is 98.9 Å². The molecule has 0 N–H and O–H groups in total. The minimum atomic E-state index is -0.390. The molecule has 9 nitrogen and oxygen atoms in total. The maximum absolute atomic E-state index is 13.2. The number of ether oxygens (including phenoxy) is 1. The number of piperazine rings is 1. The Balaban J connectivity index is 1.96. The number of rotatable bonds is 8. The number of anilines is 1. The van der Waals surface area contributed by atoms with E-state index >= 15 is 0 Å². The van der Waals surface area contributed by atoms with Crippen LogP contribution in [0.5, 0.6) is 0 Å². The second-order valence-electron chi connectivity index (χ2n) is 8.78. The molecule has 3 heterocycles. The summed E-state index contributed by atoms with van der Waals surface area (Å²) in [5, 5.41) is 9.68. The van der Waals surface area contributed by atoms with Crippen molar-refractivity contribution >= 4 is 52.2 Å². The Morgan fingerprint density at radius 1 is 1.17 bits per heavy atom. The summed E-state index contributed by atoms with van der Waals surface area (Å²) in [5.41, 5.74) is 0.826. The number of carbonyl (C=O) groups is 2. The fraction of sp³-hybridized carbons (Fsp3) is 0.560. The van der Waals surface area contributed by atoms with Gasteiger partial charge in [0.05, 0.1) is 11.5 Å². The number of unbranched alkanes of at least 4 members (excludes halogenated alkanes) is 3. The zero-order valence-corrected chi connectivity index (χ0v) is 23.0. The first-order chi connectivity index (χ1) is 17.2. The van der Waals surface area contributed by atoms with Crippen molar-refractivity contribution in [1.29, 1.82) is 5.26 Å². The van der Waals surface area contributed by atoms with E-state index in [0.29, 0.717) is 65.5 Å². The molecule has 2 fully saturated rings. The number of hydrogen-bond donors (Lipinski definition) is 0. The van der Waals surface area contributed by atoms with E-state index in [-0.39, 0.29) is 17.6 Å². The van der Waals surface area contributed by atoms with Gasteiger partial charge in [-0.05, 0) is 31.9 Å². The fourth-order valence-corrected chi connectivity index (χ4v) is 5.72. The zero-order chi connectivity index (χ0) is 26.4. The van der Waals surface area contributed by atoms with Gasteiger partial charge in [-0.25, -0.2) is 4.79 Å². The lowest BCUT2D eigenvalue weighted by Crippen LogP contribution is -2.50. The van der Waals surface area contributed by atoms with Crippen LogP contribution in [0.25, 0.3) is 6.08 Å². The lowest BCUT2D eigenvalue weighted by Gasteiger charge is -2.37. The van der Waals surface area contributed by atoms with Crippen LogP contribution >= 0.6 is 24.0 Å². The van der Waals surface area contributed by atoms with Crippen LogP contribution in [0.4, 0.5) is 10.6 Å². The number of thioether (sulfide) groups is 1. The Morgan fingerprint density at radius 2 is 1.86 bits per heavy atom. The van der Waals surface area contributed by atoms with Crippen molar-refractivity contribution < 1.29 is 14.3 Å². The third-order valence-electron chi connectivity index (χ3n) is 6.46. The normalized spacial score (nSPS) is 17.2. The summed E-state index contributed by atoms with van der Waals surface area (Å²) in [4.78, 5) is 44.1. The second-order valence-corrected chi connectivity index (χ2v) is 10.5. The summed E-state index contributed by atoms with van der Waals surface area (Å²) in [6.45, 7) is 8.37. The molecule has 0 atom stereocenters. The van der Waals surface area contributed by atoms with Gasteiger partial charge in [-0.2, -0.15) is 5.26 Å². The van der Waals surface area contributed by atoms with Crippen molar-refractivity contribution in [2.45, 2.75) is 46.5 Å². The van der Waals surface area contributed by atoms with E-state index in [9.17, 15) is 19.6 Å². The van der Waals surface area contributed by atoms with Crippen molar-refractivity contribution in [3.8, 4) is 6.07 Å². The van der Waals surface area contributed by atoms with Crippen LogP contribution in [0.2, 0.25) is 0 Å². The van der Waals surface area contributed by atoms with Crippen molar-refractivity contribution in [1.82, 2.24) is 14.4 Å². The molecule has 2 aliphatic rings. The number of carbonyl (C=O) groups excluding carboxylic acids is 2. The van der Waals surface area contributed by atoms with Crippen LogP contribution in [0, 0.1) is 18.3 Å². The molecular formula is C25H33N5O4S2. The number of nitriles is 1. The minimum Gasteiger partial charge on any atom is -0.450 e. The Morgan fingerprint density at radius 3 is 2.47 bits per heavy atom. The van der Waals surface area contributed by atoms with Gasteiger partial charge in [-0.15, -0.1) is 0 Å². The van der Waals surface area contributed by atoms with Crippen LogP contribution < -0.4 is 10.5 Å². The maximum Gasteiger partial charge on any atom is 0.409 e. The molecule has 1 aromatic heterocycles. The molecule has 0 bridgehead atoms. The molecule has 3 rings (SSSR count). The summed E-state index contributed by atoms with van der Waals surface area (Å²) < 4.78 is 7.10. The molecule has 1 aromatic rings. The van der Waals surface area contributed by atoms with E-state index in [0.717, 1.165) is 25.7 Å². The van der Waals surface area contributed by atoms with E-state index in [2.05, 4.69) is 6.92 Å². The smallest absolute Gasteiger partial charge is 0.409 e. The zero-order valence-electron chi connectivity index (χ0n) is 21.3. The predicted octanol–water partition coefficient (Wildman–Crippen LogP) is 3.63. The van der Waals surface area contributed by atoms with E-state index < -0.39 is 5.56 Å². The van der Waals surface area contributed by atoms with Crippen LogP contribution in [0.1, 0.15) is 56.2 Å². The molecule has 2 saturated heterocycles. The molecule has 2 amide bonds. The van der Waals surface area contributed by atoms with Gasteiger partial charge >= 0.3 is 6.09 Å². The first-order valence-electron chi connectivity index (χ1n) is 12.3. The lowest BCUT2D eigenvalue weighted by atomic mass is 10.0. The lowest BCUT2D eigenvalue weighted by molar-refractivity contribution is -0.122. The Hall–Kier alpha value is -2.84. The highest BCUT2D eigenvalue weighted by Crippen LogP contribution is 2.36. The van der Waals surface area contributed by atoms with Crippen molar-refractivity contribution in [2.24, 2.45) is 7.05 Å². The van der Waals surface area contributed by atoms with Crippen LogP contribution in [0.3, 0.4) is 0 Å². The van der Waals surface area contributed by atoms with Gasteiger partial charge in [0.2, 0.25) is 0 Å². The molecular weight excluding hydrogens is 498 g/mol. The number of hydrogen-bond acceptors (Lipinski definition) is 8. The predicted molar refractivity (Wildman–Crippen MR) is 146 cm³/mol. The summed E-state index contributed by atoms with van der Waals surface area (Å²) in [5.74, 6) is 0.472. The summed E-state index contributed by atoms with van der Waals surface area (Å²) in [6.07, 6.45) is 5.56. The number of pyridine rings is 1. The molecule has 0 aliphatic carbocycles. The van der Waals surface area contributed by atoms with E-state index in [1.807, 2.05) is 11.0 Å². The summed E-state index contributed by atoms with van der Waals surface area (Å²) >= 11 is 6.74. The fourth-order valence-electron chi connectivity index (χ4n) is 4.43. The maximum atomic E-state index is 13.2. The van der Waals surface area contributed by atoms with Gasteiger partial charge in [0, 0.05) is 45.3 Å². The van der Waals surface area contributed by atoms with Crippen molar-refractivity contribution in [2.75, 3.05) is 44.2 Å². The summed E-state index contributed by atoms with van der Waals surface area (Å²) in [7, 11) is 1.63. The Kier molecular flexibility index (Phi) is 9.56. The molecule has 36 heavy (non-hydrogen) atoms. The van der Waals surface area contributed by atoms with Gasteiger partial charge in [-0.1, -0.05) is 50.2 Å². The monoisotopic (exact) mass is 531 g/mol. The SMILES string of the molecule is CCCCCCN1C(=O)/C(=C/c2c(C)c(C#N)c(=O)n(C)c2N2CCN(C(=O)OCC)CC2)SC1=S. The van der Waals surface area contributed by atoms with Gasteiger partial charge in [-0.3, -0.25) is 19.1 Å². The third-order valence-corrected chi connectivity index (χ3v) is 7.84. The molecule has 194 valence electrons. The molecule has 2 aliphatic heterocycles. The number of amides is 2. The van der Waals surface area contributed by atoms with Gasteiger partial charge in [0.25, 0.3) is 11.5 Å². The standard InChI is InChI=1S/C25H33N5O4S2/c1-5-7-8-9-10-30-23(32)20(36-25(30)35)15-18-17(3)19(16-26)22(31)27(4)21(18)28-11-13-29(14-12-28)24(33)34-6-2/h15H,5-14H2,1-4H3/b20-15-. The van der Waals surface area contributed by atoms with Crippen molar-refractivity contribution in [3.63, 3.8) is 0 Å². The quantitative estimate of drug-likeness (QED) is 0.285. The molecule has 0 unspecified atom stereocenters. The minimum absolute atomic E-state index is 0.0488. The third kappa shape index (κ3) is 5.76. The second kappa shape index (κ2) is 12.4. The largest absolute Gasteiger partial charge is 0.450 e. The highest BCUT2D eigenvalue weighted by Gasteiger charge is 2.33. The van der Waals surface area contributed by atoms with Crippen molar-refractivity contribution in [3.05, 3.63) is 31.9 Å². The number of thiocarbonyl (C=S) groups is 1. The van der Waals surface area contributed by atoms with Gasteiger partial charge in [0.15, 0.2) is 0 Å². The van der Waals surface area contributed by atoms with E-state index in [4.69, 9.17) is 17.0 Å². The highest BCUT2D eigenvalue weighted by atomic mass is 32.2. The average Bonchev–Trinajstić information content (AvgIpc) is 3.13. The summed E-state index contributed by atoms with van der Waals surface area (Å²) in [6, 6.07) is 2.03. The van der Waals surface area contributed by atoms with E-state index in [1.165, 1.54) is 16.3 Å². The molecule has 11 heteroatoms. The molecule has 0 radical (unpaired) electrons. The highest BCUT2D eigenvalue weighted by molar-refractivity contribution is 8.26. The molecule has 0 spiro atoms. The van der Waals surface area contributed by atoms with Crippen LogP contribution in [0.15, 0.2) is 9.70 Å². The Labute approximate surface area is 221 Å². The van der Waals surface area contributed by atoms with Gasteiger partial charge in [0.1, 0.15) is 21.8 Å². The first kappa shape index (κ1) is 27.7. The van der Waals surface area contributed by atoms with Crippen LogP contribution in [-0.4, -0.2) is 70.0 Å². The van der Waals surface area contributed by atoms with E-state index in [1.54, 1.807) is 36.8 Å². The first-order valence-corrected chi connectivity index (χ1v) is 13.5. The average molecular weight is 532 g/mol. The molecule has 0 saturated carbocycles. The molecule has 0 aromatic carbocycles. The van der Waals surface area contributed by atoms with Crippen LogP contribution in [-0.2, 0) is 16.6 Å². The van der Waals surface area contributed by atoms with Gasteiger partial charge < -0.3 is 14.5 Å². The number of nitrogens with zero attached hydrogens (tertiary/aromatic N) is 5. The number of aromatic nitrogens is 1. The Bertz CT molecular complexity index is 1160.